The standard InChI is InChI=1S/C15H22N2O4.ClH/c1-6-20-14(18)10-17(4,5)12-8-7-11(2)13(9-12)21-15(19)16-3;/h7-9H,6,10H2,1-5H3;1H. The zero-order valence-corrected chi connectivity index (χ0v) is 14.4. The van der Waals surface area contributed by atoms with Crippen LogP contribution in [0.2, 0.25) is 0 Å². The second kappa shape index (κ2) is 8.60. The number of nitrogens with zero attached hydrogens (tertiary/aromatic N) is 1. The molecule has 0 spiro atoms. The maximum atomic E-state index is 11.7. The van der Waals surface area contributed by atoms with E-state index in [4.69, 9.17) is 9.47 Å². The van der Waals surface area contributed by atoms with Crippen LogP contribution in [0.25, 0.3) is 0 Å². The van der Waals surface area contributed by atoms with Crippen LogP contribution in [-0.2, 0) is 9.53 Å². The van der Waals surface area contributed by atoms with E-state index in [1.54, 1.807) is 13.0 Å². The lowest BCUT2D eigenvalue weighted by Gasteiger charge is -2.28. The molecule has 0 saturated heterocycles. The van der Waals surface area contributed by atoms with E-state index in [-0.39, 0.29) is 24.9 Å². The third kappa shape index (κ3) is 5.54. The summed E-state index contributed by atoms with van der Waals surface area (Å²) in [5, 5.41) is 2.41. The number of ether oxygens (including phenoxy) is 2. The summed E-state index contributed by atoms with van der Waals surface area (Å²) in [7, 11) is 5.29. The highest BCUT2D eigenvalue weighted by molar-refractivity contribution is 5.75. The smallest absolute Gasteiger partial charge is 0.412 e. The van der Waals surface area contributed by atoms with Gasteiger partial charge in [0.1, 0.15) is 11.4 Å². The number of carbonyl (C=O) groups is 2. The topological polar surface area (TPSA) is 64.6 Å². The molecule has 1 amide bonds. The summed E-state index contributed by atoms with van der Waals surface area (Å²) in [5.41, 5.74) is 1.70. The van der Waals surface area contributed by atoms with Crippen molar-refractivity contribution in [3.8, 4) is 5.75 Å². The number of halogens is 1. The van der Waals surface area contributed by atoms with Gasteiger partial charge < -0.3 is 27.2 Å². The van der Waals surface area contributed by atoms with Crippen LogP contribution in [-0.4, -0.2) is 46.4 Å². The monoisotopic (exact) mass is 330 g/mol. The predicted octanol–water partition coefficient (Wildman–Crippen LogP) is -1.15. The first kappa shape index (κ1) is 20.2. The lowest BCUT2D eigenvalue weighted by Crippen LogP contribution is -3.00. The van der Waals surface area contributed by atoms with E-state index in [9.17, 15) is 9.59 Å². The van der Waals surface area contributed by atoms with Crippen LogP contribution in [0.4, 0.5) is 10.5 Å². The first-order valence-corrected chi connectivity index (χ1v) is 6.79. The average molecular weight is 331 g/mol. The van der Waals surface area contributed by atoms with Crippen molar-refractivity contribution in [2.75, 3.05) is 34.3 Å². The van der Waals surface area contributed by atoms with Gasteiger partial charge in [-0.25, -0.2) is 9.59 Å². The molecular weight excluding hydrogens is 308 g/mol. The van der Waals surface area contributed by atoms with E-state index in [1.165, 1.54) is 7.05 Å². The van der Waals surface area contributed by atoms with E-state index >= 15 is 0 Å². The zero-order chi connectivity index (χ0) is 16.0. The Morgan fingerprint density at radius 3 is 2.45 bits per heavy atom. The highest BCUT2D eigenvalue weighted by Crippen LogP contribution is 2.27. The maximum absolute atomic E-state index is 11.7. The molecule has 0 atom stereocenters. The van der Waals surface area contributed by atoms with E-state index < -0.39 is 6.09 Å². The largest absolute Gasteiger partial charge is 1.00 e. The molecule has 7 heteroatoms. The van der Waals surface area contributed by atoms with E-state index in [0.29, 0.717) is 16.8 Å². The van der Waals surface area contributed by atoms with Gasteiger partial charge in [-0.1, -0.05) is 0 Å². The van der Waals surface area contributed by atoms with Crippen molar-refractivity contribution in [1.82, 2.24) is 9.80 Å². The first-order valence-electron chi connectivity index (χ1n) is 6.79. The van der Waals surface area contributed by atoms with Crippen LogP contribution in [0.1, 0.15) is 12.5 Å². The summed E-state index contributed by atoms with van der Waals surface area (Å²) in [6.07, 6.45) is -0.522. The molecule has 6 nitrogen and oxygen atoms in total. The summed E-state index contributed by atoms with van der Waals surface area (Å²) in [6.45, 7) is 4.20. The molecule has 1 aromatic carbocycles. The number of benzene rings is 1. The van der Waals surface area contributed by atoms with Gasteiger partial charge >= 0.3 is 12.1 Å². The van der Waals surface area contributed by atoms with Gasteiger partial charge in [-0.2, -0.15) is 0 Å². The van der Waals surface area contributed by atoms with Crippen molar-refractivity contribution in [2.24, 2.45) is 0 Å². The predicted molar refractivity (Wildman–Crippen MR) is 81.4 cm³/mol. The fraction of sp³-hybridized carbons (Fsp3) is 0.467. The zero-order valence-electron chi connectivity index (χ0n) is 13.6. The lowest BCUT2D eigenvalue weighted by atomic mass is 10.1. The van der Waals surface area contributed by atoms with Crippen molar-refractivity contribution in [1.29, 1.82) is 0 Å². The van der Waals surface area contributed by atoms with Crippen molar-refractivity contribution in [3.63, 3.8) is 0 Å². The Hall–Kier alpha value is -1.79. The number of aryl methyl sites for hydroxylation is 1. The lowest BCUT2D eigenvalue weighted by molar-refractivity contribution is -0.143. The number of hydrogen-bond donors (Lipinski definition) is 1. The Balaban J connectivity index is 0.00000441. The molecule has 0 heterocycles. The van der Waals surface area contributed by atoms with E-state index in [0.717, 1.165) is 11.3 Å². The van der Waals surface area contributed by atoms with Crippen LogP contribution in [0.15, 0.2) is 18.2 Å². The van der Waals surface area contributed by atoms with Gasteiger partial charge in [-0.15, -0.1) is 0 Å². The molecule has 0 aliphatic rings. The Labute approximate surface area is 137 Å². The summed E-state index contributed by atoms with van der Waals surface area (Å²) >= 11 is 0. The van der Waals surface area contributed by atoms with E-state index in [2.05, 4.69) is 5.32 Å². The molecule has 1 aromatic rings. The van der Waals surface area contributed by atoms with Crippen LogP contribution in [0.5, 0.6) is 5.75 Å². The summed E-state index contributed by atoms with van der Waals surface area (Å²) in [4.78, 5) is 23.0. The third-order valence-electron chi connectivity index (χ3n) is 3.11. The molecule has 0 bridgehead atoms. The quantitative estimate of drug-likeness (QED) is 0.547. The molecule has 1 N–H and O–H groups in total. The highest BCUT2D eigenvalue weighted by atomic mass is 35.5. The summed E-state index contributed by atoms with van der Waals surface area (Å²) in [5.74, 6) is 0.207. The van der Waals surface area contributed by atoms with Gasteiger partial charge in [0.2, 0.25) is 0 Å². The van der Waals surface area contributed by atoms with Crippen molar-refractivity contribution in [2.45, 2.75) is 13.8 Å². The van der Waals surface area contributed by atoms with Crippen LogP contribution in [0.3, 0.4) is 0 Å². The molecule has 0 unspecified atom stereocenters. The van der Waals surface area contributed by atoms with Gasteiger partial charge in [-0.05, 0) is 31.5 Å². The van der Waals surface area contributed by atoms with Gasteiger partial charge in [0, 0.05) is 13.1 Å². The number of rotatable bonds is 5. The summed E-state index contributed by atoms with van der Waals surface area (Å²) < 4.78 is 10.5. The fourth-order valence-corrected chi connectivity index (χ4v) is 1.85. The molecule has 0 saturated carbocycles. The SMILES string of the molecule is CCOC(=O)C[N+](C)(C)c1ccc(C)c(OC(=O)NC)c1.[Cl-]. The minimum absolute atomic E-state index is 0. The second-order valence-corrected chi connectivity index (χ2v) is 5.24. The van der Waals surface area contributed by atoms with E-state index in [1.807, 2.05) is 33.2 Å². The molecule has 0 aliphatic heterocycles. The minimum Gasteiger partial charge on any atom is -1.00 e. The number of esters is 1. The molecule has 0 aliphatic carbocycles. The van der Waals surface area contributed by atoms with Crippen molar-refractivity contribution >= 4 is 17.7 Å². The second-order valence-electron chi connectivity index (χ2n) is 5.24. The molecular formula is C15H23ClN2O4. The van der Waals surface area contributed by atoms with Crippen LogP contribution >= 0.6 is 0 Å². The van der Waals surface area contributed by atoms with Gasteiger partial charge in [0.05, 0.1) is 20.7 Å². The number of carbonyl (C=O) groups excluding carboxylic acids is 2. The maximum Gasteiger partial charge on any atom is 0.412 e. The Kier molecular flexibility index (Phi) is 7.90. The summed E-state index contributed by atoms with van der Waals surface area (Å²) in [6, 6.07) is 5.54. The first-order chi connectivity index (χ1) is 9.80. The molecule has 0 radical (unpaired) electrons. The Bertz CT molecular complexity index is 532. The Morgan fingerprint density at radius 2 is 1.91 bits per heavy atom. The number of nitrogens with one attached hydrogen (secondary N) is 1. The molecule has 1 rings (SSSR count). The fourth-order valence-electron chi connectivity index (χ4n) is 1.85. The normalized spacial score (nSPS) is 10.4. The van der Waals surface area contributed by atoms with Crippen molar-refractivity contribution < 1.29 is 31.5 Å². The number of amides is 1. The van der Waals surface area contributed by atoms with Gasteiger partial charge in [0.25, 0.3) is 0 Å². The van der Waals surface area contributed by atoms with Crippen molar-refractivity contribution in [3.05, 3.63) is 23.8 Å². The minimum atomic E-state index is -0.522. The van der Waals surface area contributed by atoms with Gasteiger partial charge in [0.15, 0.2) is 6.54 Å². The van der Waals surface area contributed by atoms with Crippen LogP contribution < -0.4 is 26.9 Å². The number of likely N-dealkylation sites (N-methyl/N-ethyl adjacent to an activating group) is 1. The molecule has 0 fully saturated rings. The Morgan fingerprint density at radius 1 is 1.27 bits per heavy atom. The molecule has 124 valence electrons. The molecule has 0 aromatic heterocycles. The van der Waals surface area contributed by atoms with Gasteiger partial charge in [-0.3, -0.25) is 4.48 Å². The number of quaternary nitrogens is 1. The average Bonchev–Trinajstić information content (AvgIpc) is 2.40. The van der Waals surface area contributed by atoms with Crippen LogP contribution in [0, 0.1) is 6.92 Å². The number of hydrogen-bond acceptors (Lipinski definition) is 4. The third-order valence-corrected chi connectivity index (χ3v) is 3.11. The highest BCUT2D eigenvalue weighted by Gasteiger charge is 2.25. The molecule has 22 heavy (non-hydrogen) atoms.